The third kappa shape index (κ3) is 1.76. The summed E-state index contributed by atoms with van der Waals surface area (Å²) in [6.07, 6.45) is 6.23. The SMILES string of the molecule is C=C[C@@H](CCC)[C@]1(CO)CCCC1=O. The molecule has 0 bridgehead atoms. The van der Waals surface area contributed by atoms with E-state index in [-0.39, 0.29) is 18.3 Å². The molecule has 1 rings (SSSR count). The van der Waals surface area contributed by atoms with Crippen LogP contribution in [0, 0.1) is 11.3 Å². The van der Waals surface area contributed by atoms with Crippen molar-refractivity contribution in [1.29, 1.82) is 0 Å². The fraction of sp³-hybridized carbons (Fsp3) is 0.750. The van der Waals surface area contributed by atoms with Crippen LogP contribution in [0.25, 0.3) is 0 Å². The minimum atomic E-state index is -0.488. The van der Waals surface area contributed by atoms with Crippen LogP contribution in [-0.2, 0) is 4.79 Å². The first-order valence-electron chi connectivity index (χ1n) is 5.48. The zero-order chi connectivity index (χ0) is 10.6. The zero-order valence-corrected chi connectivity index (χ0v) is 8.96. The smallest absolute Gasteiger partial charge is 0.141 e. The Morgan fingerprint density at radius 3 is 2.79 bits per heavy atom. The van der Waals surface area contributed by atoms with Crippen LogP contribution in [0.4, 0.5) is 0 Å². The average molecular weight is 196 g/mol. The van der Waals surface area contributed by atoms with Crippen LogP contribution < -0.4 is 0 Å². The van der Waals surface area contributed by atoms with E-state index in [9.17, 15) is 9.90 Å². The van der Waals surface area contributed by atoms with Gasteiger partial charge in [-0.15, -0.1) is 6.58 Å². The topological polar surface area (TPSA) is 37.3 Å². The van der Waals surface area contributed by atoms with Gasteiger partial charge in [0.05, 0.1) is 12.0 Å². The summed E-state index contributed by atoms with van der Waals surface area (Å²) in [6.45, 7) is 5.88. The van der Waals surface area contributed by atoms with Crippen molar-refractivity contribution >= 4 is 5.78 Å². The Balaban J connectivity index is 2.85. The summed E-state index contributed by atoms with van der Waals surface area (Å²) >= 11 is 0. The highest BCUT2D eigenvalue weighted by molar-refractivity contribution is 5.87. The van der Waals surface area contributed by atoms with Crippen molar-refractivity contribution in [2.24, 2.45) is 11.3 Å². The number of hydrogen-bond donors (Lipinski definition) is 1. The highest BCUT2D eigenvalue weighted by atomic mass is 16.3. The number of ketones is 1. The largest absolute Gasteiger partial charge is 0.395 e. The lowest BCUT2D eigenvalue weighted by atomic mass is 9.72. The molecule has 2 atom stereocenters. The number of hydrogen-bond acceptors (Lipinski definition) is 2. The number of carbonyl (C=O) groups is 1. The molecule has 0 radical (unpaired) electrons. The zero-order valence-electron chi connectivity index (χ0n) is 8.96. The molecule has 0 heterocycles. The Morgan fingerprint density at radius 1 is 1.71 bits per heavy atom. The summed E-state index contributed by atoms with van der Waals surface area (Å²) in [7, 11) is 0. The molecule has 0 aromatic heterocycles. The molecule has 0 aromatic rings. The fourth-order valence-corrected chi connectivity index (χ4v) is 2.56. The average Bonchev–Trinajstić information content (AvgIpc) is 2.57. The van der Waals surface area contributed by atoms with Gasteiger partial charge in [-0.2, -0.15) is 0 Å². The van der Waals surface area contributed by atoms with Crippen molar-refractivity contribution in [2.75, 3.05) is 6.61 Å². The summed E-state index contributed by atoms with van der Waals surface area (Å²) < 4.78 is 0. The Labute approximate surface area is 86.0 Å². The first kappa shape index (κ1) is 11.4. The molecule has 2 nitrogen and oxygen atoms in total. The van der Waals surface area contributed by atoms with Gasteiger partial charge in [-0.1, -0.05) is 19.4 Å². The third-order valence-electron chi connectivity index (χ3n) is 3.46. The Bertz CT molecular complexity index is 222. The maximum atomic E-state index is 11.8. The molecular weight excluding hydrogens is 176 g/mol. The van der Waals surface area contributed by atoms with Gasteiger partial charge >= 0.3 is 0 Å². The second-order valence-electron chi connectivity index (χ2n) is 4.22. The molecular formula is C12H20O2. The lowest BCUT2D eigenvalue weighted by Crippen LogP contribution is -2.37. The number of allylic oxidation sites excluding steroid dienone is 1. The van der Waals surface area contributed by atoms with Crippen molar-refractivity contribution in [3.63, 3.8) is 0 Å². The molecule has 1 aliphatic carbocycles. The van der Waals surface area contributed by atoms with Crippen LogP contribution in [0.2, 0.25) is 0 Å². The molecule has 1 saturated carbocycles. The van der Waals surface area contributed by atoms with E-state index in [1.807, 2.05) is 6.08 Å². The first-order valence-corrected chi connectivity index (χ1v) is 5.48. The predicted octanol–water partition coefficient (Wildman–Crippen LogP) is 2.32. The van der Waals surface area contributed by atoms with Gasteiger partial charge in [0, 0.05) is 6.42 Å². The van der Waals surface area contributed by atoms with E-state index in [1.54, 1.807) is 0 Å². The molecule has 0 aromatic carbocycles. The van der Waals surface area contributed by atoms with Gasteiger partial charge in [0.2, 0.25) is 0 Å². The Hall–Kier alpha value is -0.630. The number of aliphatic hydroxyl groups excluding tert-OH is 1. The number of rotatable bonds is 5. The number of Topliss-reactive ketones (excluding diaryl/α,β-unsaturated/α-hetero) is 1. The van der Waals surface area contributed by atoms with E-state index in [1.165, 1.54) is 0 Å². The molecule has 2 heteroatoms. The maximum Gasteiger partial charge on any atom is 0.141 e. The lowest BCUT2D eigenvalue weighted by molar-refractivity contribution is -0.130. The third-order valence-corrected chi connectivity index (χ3v) is 3.46. The maximum absolute atomic E-state index is 11.8. The van der Waals surface area contributed by atoms with Crippen molar-refractivity contribution in [3.05, 3.63) is 12.7 Å². The molecule has 0 unspecified atom stereocenters. The molecule has 80 valence electrons. The molecule has 1 aliphatic rings. The molecule has 0 saturated heterocycles. The Kier molecular flexibility index (Phi) is 3.87. The van der Waals surface area contributed by atoms with E-state index in [0.717, 1.165) is 25.7 Å². The summed E-state index contributed by atoms with van der Waals surface area (Å²) in [5.74, 6) is 0.394. The number of aliphatic hydroxyl groups is 1. The van der Waals surface area contributed by atoms with E-state index in [4.69, 9.17) is 0 Å². The van der Waals surface area contributed by atoms with Gasteiger partial charge in [-0.25, -0.2) is 0 Å². The molecule has 1 fully saturated rings. The fourth-order valence-electron chi connectivity index (χ4n) is 2.56. The summed E-state index contributed by atoms with van der Waals surface area (Å²) in [5, 5.41) is 9.45. The van der Waals surface area contributed by atoms with Crippen molar-refractivity contribution < 1.29 is 9.90 Å². The van der Waals surface area contributed by atoms with Crippen LogP contribution in [-0.4, -0.2) is 17.5 Å². The van der Waals surface area contributed by atoms with Crippen LogP contribution in [0.1, 0.15) is 39.0 Å². The van der Waals surface area contributed by atoms with E-state index < -0.39 is 5.41 Å². The summed E-state index contributed by atoms with van der Waals surface area (Å²) in [4.78, 5) is 11.8. The molecule has 14 heavy (non-hydrogen) atoms. The minimum absolute atomic E-state index is 0.0114. The molecule has 0 aliphatic heterocycles. The van der Waals surface area contributed by atoms with Crippen LogP contribution in [0.5, 0.6) is 0 Å². The molecule has 0 amide bonds. The number of carbonyl (C=O) groups excluding carboxylic acids is 1. The predicted molar refractivity (Wildman–Crippen MR) is 57.0 cm³/mol. The van der Waals surface area contributed by atoms with Gasteiger partial charge in [0.15, 0.2) is 0 Å². The van der Waals surface area contributed by atoms with Crippen LogP contribution >= 0.6 is 0 Å². The van der Waals surface area contributed by atoms with Gasteiger partial charge in [0.1, 0.15) is 5.78 Å². The summed E-state index contributed by atoms with van der Waals surface area (Å²) in [6, 6.07) is 0. The van der Waals surface area contributed by atoms with Crippen LogP contribution in [0.15, 0.2) is 12.7 Å². The van der Waals surface area contributed by atoms with Crippen molar-refractivity contribution in [2.45, 2.75) is 39.0 Å². The summed E-state index contributed by atoms with van der Waals surface area (Å²) in [5.41, 5.74) is -0.488. The molecule has 0 spiro atoms. The van der Waals surface area contributed by atoms with Crippen molar-refractivity contribution in [3.8, 4) is 0 Å². The van der Waals surface area contributed by atoms with Gasteiger partial charge in [-0.3, -0.25) is 4.79 Å². The normalized spacial score (nSPS) is 29.1. The van der Waals surface area contributed by atoms with Gasteiger partial charge < -0.3 is 5.11 Å². The second kappa shape index (κ2) is 4.74. The highest BCUT2D eigenvalue weighted by Gasteiger charge is 2.45. The van der Waals surface area contributed by atoms with E-state index in [0.29, 0.717) is 6.42 Å². The lowest BCUT2D eigenvalue weighted by Gasteiger charge is -2.32. The quantitative estimate of drug-likeness (QED) is 0.685. The molecule has 1 N–H and O–H groups in total. The van der Waals surface area contributed by atoms with Gasteiger partial charge in [0.25, 0.3) is 0 Å². The second-order valence-corrected chi connectivity index (χ2v) is 4.22. The standard InChI is InChI=1S/C12H20O2/c1-3-6-10(4-2)12(9-13)8-5-7-11(12)14/h4,10,13H,2-3,5-9H2,1H3/t10-,12+/m0/s1. The minimum Gasteiger partial charge on any atom is -0.395 e. The first-order chi connectivity index (χ1) is 6.71. The van der Waals surface area contributed by atoms with E-state index in [2.05, 4.69) is 13.5 Å². The van der Waals surface area contributed by atoms with Gasteiger partial charge in [-0.05, 0) is 25.2 Å². The van der Waals surface area contributed by atoms with Crippen molar-refractivity contribution in [1.82, 2.24) is 0 Å². The van der Waals surface area contributed by atoms with E-state index >= 15 is 0 Å². The monoisotopic (exact) mass is 196 g/mol. The van der Waals surface area contributed by atoms with Crippen LogP contribution in [0.3, 0.4) is 0 Å². The highest BCUT2D eigenvalue weighted by Crippen LogP contribution is 2.43. The Morgan fingerprint density at radius 2 is 2.43 bits per heavy atom.